The van der Waals surface area contributed by atoms with Crippen molar-refractivity contribution in [3.05, 3.63) is 35.1 Å². The lowest BCUT2D eigenvalue weighted by Crippen LogP contribution is -2.20. The fraction of sp³-hybridized carbons (Fsp3) is 0.364. The molecule has 7 heteroatoms. The molecular weight excluding hydrogens is 271 g/mol. The molecule has 2 N–H and O–H groups in total. The van der Waals surface area contributed by atoms with Gasteiger partial charge in [0.1, 0.15) is 5.82 Å². The van der Waals surface area contributed by atoms with Gasteiger partial charge in [0.25, 0.3) is 0 Å². The van der Waals surface area contributed by atoms with Crippen LogP contribution in [0.2, 0.25) is 0 Å². The van der Waals surface area contributed by atoms with Gasteiger partial charge in [-0.1, -0.05) is 0 Å². The third-order valence-electron chi connectivity index (χ3n) is 2.14. The third kappa shape index (κ3) is 3.89. The number of benzene rings is 1. The Kier molecular flexibility index (Phi) is 6.72. The minimum Gasteiger partial charge on any atom is -0.466 e. The summed E-state index contributed by atoms with van der Waals surface area (Å²) in [5, 5.41) is 0. The predicted molar refractivity (Wildman–Crippen MR) is 61.7 cm³/mol. The van der Waals surface area contributed by atoms with Crippen LogP contribution in [-0.2, 0) is 9.53 Å². The van der Waals surface area contributed by atoms with E-state index in [1.165, 1.54) is 0 Å². The molecule has 0 amide bonds. The maximum Gasteiger partial charge on any atom is 0.307 e. The standard InChI is InChI=1S/C11H12F3NO2.ClH/c1-2-17-9(16)5-8(15)10-6(12)3-4-7(13)11(10)14;/h3-4,8H,2,5,15H2,1H3;1H/t8-;/m0./s1. The summed E-state index contributed by atoms with van der Waals surface area (Å²) in [6, 6.07) is 0.147. The molecule has 1 rings (SSSR count). The third-order valence-corrected chi connectivity index (χ3v) is 2.14. The number of carbonyl (C=O) groups excluding carboxylic acids is 1. The van der Waals surface area contributed by atoms with Gasteiger partial charge in [0.05, 0.1) is 13.0 Å². The number of hydrogen-bond donors (Lipinski definition) is 1. The van der Waals surface area contributed by atoms with Crippen LogP contribution < -0.4 is 5.73 Å². The summed E-state index contributed by atoms with van der Waals surface area (Å²) in [6.07, 6.45) is -0.412. The fourth-order valence-electron chi connectivity index (χ4n) is 1.38. The van der Waals surface area contributed by atoms with Crippen molar-refractivity contribution >= 4 is 18.4 Å². The van der Waals surface area contributed by atoms with E-state index in [1.807, 2.05) is 0 Å². The topological polar surface area (TPSA) is 52.3 Å². The SMILES string of the molecule is CCOC(=O)C[C@H](N)c1c(F)ccc(F)c1F.Cl. The van der Waals surface area contributed by atoms with E-state index in [2.05, 4.69) is 4.74 Å². The van der Waals surface area contributed by atoms with E-state index in [4.69, 9.17) is 5.73 Å². The summed E-state index contributed by atoms with van der Waals surface area (Å²) in [6.45, 7) is 1.73. The van der Waals surface area contributed by atoms with Crippen LogP contribution in [0, 0.1) is 17.5 Å². The molecule has 0 heterocycles. The number of hydrogen-bond acceptors (Lipinski definition) is 3. The number of halogens is 4. The van der Waals surface area contributed by atoms with Crippen molar-refractivity contribution in [3.63, 3.8) is 0 Å². The van der Waals surface area contributed by atoms with Crippen molar-refractivity contribution in [1.82, 2.24) is 0 Å². The molecule has 0 aromatic heterocycles. The fourth-order valence-corrected chi connectivity index (χ4v) is 1.38. The van der Waals surface area contributed by atoms with Gasteiger partial charge in [-0.3, -0.25) is 4.79 Å². The first-order valence-electron chi connectivity index (χ1n) is 5.02. The molecule has 0 saturated heterocycles. The van der Waals surface area contributed by atoms with Crippen LogP contribution in [0.1, 0.15) is 24.9 Å². The predicted octanol–water partition coefficient (Wildman–Crippen LogP) is 2.48. The molecule has 0 unspecified atom stereocenters. The molecule has 0 fully saturated rings. The monoisotopic (exact) mass is 283 g/mol. The van der Waals surface area contributed by atoms with Crippen molar-refractivity contribution in [2.75, 3.05) is 6.61 Å². The summed E-state index contributed by atoms with van der Waals surface area (Å²) < 4.78 is 44.1. The molecule has 102 valence electrons. The molecule has 0 aliphatic rings. The van der Waals surface area contributed by atoms with E-state index in [1.54, 1.807) is 6.92 Å². The Balaban J connectivity index is 0.00000289. The van der Waals surface area contributed by atoms with E-state index in [0.29, 0.717) is 6.07 Å². The van der Waals surface area contributed by atoms with Gasteiger partial charge in [0.2, 0.25) is 0 Å². The molecular formula is C11H13ClF3NO2. The summed E-state index contributed by atoms with van der Waals surface area (Å²) in [5.74, 6) is -4.26. The van der Waals surface area contributed by atoms with Gasteiger partial charge < -0.3 is 10.5 Å². The maximum atomic E-state index is 13.3. The molecule has 1 aromatic rings. The molecule has 0 spiro atoms. The van der Waals surface area contributed by atoms with Crippen molar-refractivity contribution in [3.8, 4) is 0 Å². The van der Waals surface area contributed by atoms with Gasteiger partial charge in [-0.15, -0.1) is 12.4 Å². The largest absolute Gasteiger partial charge is 0.466 e. The average Bonchev–Trinajstić information content (AvgIpc) is 2.24. The highest BCUT2D eigenvalue weighted by molar-refractivity contribution is 5.85. The van der Waals surface area contributed by atoms with Crippen molar-refractivity contribution in [1.29, 1.82) is 0 Å². The lowest BCUT2D eigenvalue weighted by Gasteiger charge is -2.13. The molecule has 0 aliphatic heterocycles. The van der Waals surface area contributed by atoms with E-state index in [9.17, 15) is 18.0 Å². The van der Waals surface area contributed by atoms with Gasteiger partial charge in [-0.25, -0.2) is 13.2 Å². The second-order valence-corrected chi connectivity index (χ2v) is 3.37. The van der Waals surface area contributed by atoms with Crippen LogP contribution in [0.5, 0.6) is 0 Å². The van der Waals surface area contributed by atoms with Crippen molar-refractivity contribution in [2.45, 2.75) is 19.4 Å². The molecule has 1 atom stereocenters. The van der Waals surface area contributed by atoms with Crippen molar-refractivity contribution < 1.29 is 22.7 Å². The zero-order valence-electron chi connectivity index (χ0n) is 9.58. The van der Waals surface area contributed by atoms with Gasteiger partial charge in [-0.05, 0) is 19.1 Å². The average molecular weight is 284 g/mol. The molecule has 0 radical (unpaired) electrons. The normalized spacial score (nSPS) is 11.6. The van der Waals surface area contributed by atoms with E-state index < -0.39 is 41.4 Å². The Morgan fingerprint density at radius 1 is 1.33 bits per heavy atom. The van der Waals surface area contributed by atoms with Crippen LogP contribution in [-0.4, -0.2) is 12.6 Å². The van der Waals surface area contributed by atoms with Crippen LogP contribution in [0.3, 0.4) is 0 Å². The Morgan fingerprint density at radius 2 is 1.89 bits per heavy atom. The molecule has 0 saturated carbocycles. The lowest BCUT2D eigenvalue weighted by atomic mass is 10.0. The minimum absolute atomic E-state index is 0. The van der Waals surface area contributed by atoms with E-state index in [0.717, 1.165) is 6.07 Å². The summed E-state index contributed by atoms with van der Waals surface area (Å²) >= 11 is 0. The highest BCUT2D eigenvalue weighted by Gasteiger charge is 2.22. The van der Waals surface area contributed by atoms with Gasteiger partial charge in [-0.2, -0.15) is 0 Å². The summed E-state index contributed by atoms with van der Waals surface area (Å²) in [7, 11) is 0. The number of ether oxygens (including phenoxy) is 1. The first-order chi connectivity index (χ1) is 7.97. The summed E-state index contributed by atoms with van der Waals surface area (Å²) in [4.78, 5) is 11.1. The lowest BCUT2D eigenvalue weighted by molar-refractivity contribution is -0.143. The highest BCUT2D eigenvalue weighted by atomic mass is 35.5. The van der Waals surface area contributed by atoms with Crippen LogP contribution in [0.15, 0.2) is 12.1 Å². The van der Waals surface area contributed by atoms with Gasteiger partial charge >= 0.3 is 5.97 Å². The molecule has 0 aliphatic carbocycles. The zero-order valence-corrected chi connectivity index (χ0v) is 10.4. The summed E-state index contributed by atoms with van der Waals surface area (Å²) in [5.41, 5.74) is 4.81. The molecule has 0 bridgehead atoms. The Morgan fingerprint density at radius 3 is 2.44 bits per heavy atom. The van der Waals surface area contributed by atoms with E-state index in [-0.39, 0.29) is 19.0 Å². The maximum absolute atomic E-state index is 13.3. The first kappa shape index (κ1) is 16.7. The number of rotatable bonds is 4. The highest BCUT2D eigenvalue weighted by Crippen LogP contribution is 2.23. The zero-order chi connectivity index (χ0) is 13.0. The van der Waals surface area contributed by atoms with Gasteiger partial charge in [0, 0.05) is 11.6 Å². The van der Waals surface area contributed by atoms with E-state index >= 15 is 0 Å². The minimum atomic E-state index is -1.37. The second-order valence-electron chi connectivity index (χ2n) is 3.37. The smallest absolute Gasteiger partial charge is 0.307 e. The number of esters is 1. The molecule has 18 heavy (non-hydrogen) atoms. The molecule has 3 nitrogen and oxygen atoms in total. The van der Waals surface area contributed by atoms with Gasteiger partial charge in [0.15, 0.2) is 11.6 Å². The van der Waals surface area contributed by atoms with Crippen LogP contribution in [0.25, 0.3) is 0 Å². The number of nitrogens with two attached hydrogens (primary N) is 1. The Hall–Kier alpha value is -1.27. The first-order valence-corrected chi connectivity index (χ1v) is 5.02. The Bertz CT molecular complexity index is 429. The van der Waals surface area contributed by atoms with Crippen LogP contribution >= 0.6 is 12.4 Å². The van der Waals surface area contributed by atoms with Crippen LogP contribution in [0.4, 0.5) is 13.2 Å². The Labute approximate surface area is 109 Å². The molecule has 1 aromatic carbocycles. The number of carbonyl (C=O) groups is 1. The quantitative estimate of drug-likeness (QED) is 0.682. The second kappa shape index (κ2) is 7.23. The van der Waals surface area contributed by atoms with Crippen molar-refractivity contribution in [2.24, 2.45) is 5.73 Å².